The Hall–Kier alpha value is -3.41. The molecule has 3 rings (SSSR count). The number of benzene rings is 2. The quantitative estimate of drug-likeness (QED) is 0.653. The highest BCUT2D eigenvalue weighted by molar-refractivity contribution is 5.93. The van der Waals surface area contributed by atoms with Crippen molar-refractivity contribution in [2.75, 3.05) is 10.6 Å². The zero-order valence-corrected chi connectivity index (χ0v) is 17.2. The maximum Gasteiger partial charge on any atom is 0.228 e. The fourth-order valence-corrected chi connectivity index (χ4v) is 3.24. The molecule has 2 amide bonds. The molecule has 0 aliphatic carbocycles. The lowest BCUT2D eigenvalue weighted by Gasteiger charge is -2.14. The number of hydrogen-bond acceptors (Lipinski definition) is 3. The van der Waals surface area contributed by atoms with Crippen LogP contribution in [0.15, 0.2) is 54.7 Å². The molecule has 0 saturated carbocycles. The summed E-state index contributed by atoms with van der Waals surface area (Å²) in [4.78, 5) is 23.9. The minimum absolute atomic E-state index is 0.129. The van der Waals surface area contributed by atoms with E-state index < -0.39 is 0 Å². The van der Waals surface area contributed by atoms with Crippen LogP contribution in [0.25, 0.3) is 5.69 Å². The molecular formula is C23H26N4O2. The van der Waals surface area contributed by atoms with E-state index in [4.69, 9.17) is 0 Å². The van der Waals surface area contributed by atoms with Crippen molar-refractivity contribution in [1.29, 1.82) is 0 Å². The molecule has 2 N–H and O–H groups in total. The van der Waals surface area contributed by atoms with E-state index in [2.05, 4.69) is 29.6 Å². The van der Waals surface area contributed by atoms with Crippen molar-refractivity contribution in [2.24, 2.45) is 0 Å². The van der Waals surface area contributed by atoms with Gasteiger partial charge < -0.3 is 10.6 Å². The van der Waals surface area contributed by atoms with Crippen molar-refractivity contribution in [1.82, 2.24) is 9.78 Å². The first-order chi connectivity index (χ1) is 13.8. The number of rotatable bonds is 6. The van der Waals surface area contributed by atoms with Crippen LogP contribution in [0.5, 0.6) is 0 Å². The predicted octanol–water partition coefficient (Wildman–Crippen LogP) is 4.44. The molecule has 0 fully saturated rings. The van der Waals surface area contributed by atoms with Crippen LogP contribution in [-0.2, 0) is 16.0 Å². The molecule has 6 heteroatoms. The van der Waals surface area contributed by atoms with Gasteiger partial charge in [-0.2, -0.15) is 5.10 Å². The Labute approximate surface area is 170 Å². The zero-order valence-electron chi connectivity index (χ0n) is 17.2. The molecule has 0 radical (unpaired) electrons. The topological polar surface area (TPSA) is 76.0 Å². The summed E-state index contributed by atoms with van der Waals surface area (Å²) in [6.07, 6.45) is 1.90. The molecule has 150 valence electrons. The predicted molar refractivity (Wildman–Crippen MR) is 115 cm³/mol. The summed E-state index contributed by atoms with van der Waals surface area (Å²) < 4.78 is 1.87. The number of carbonyl (C=O) groups excluding carboxylic acids is 2. The van der Waals surface area contributed by atoms with Gasteiger partial charge in [0.05, 0.1) is 29.7 Å². The van der Waals surface area contributed by atoms with Crippen LogP contribution in [0, 0.1) is 6.92 Å². The number of nitrogens with zero attached hydrogens (tertiary/aromatic N) is 2. The molecule has 0 unspecified atom stereocenters. The van der Waals surface area contributed by atoms with E-state index in [9.17, 15) is 9.59 Å². The van der Waals surface area contributed by atoms with Crippen LogP contribution in [0.2, 0.25) is 0 Å². The maximum atomic E-state index is 12.6. The van der Waals surface area contributed by atoms with E-state index in [1.165, 1.54) is 12.5 Å². The molecule has 0 aliphatic rings. The minimum atomic E-state index is -0.142. The second kappa shape index (κ2) is 8.73. The van der Waals surface area contributed by atoms with E-state index in [0.29, 0.717) is 11.4 Å². The number of anilines is 2. The molecule has 0 aliphatic heterocycles. The largest absolute Gasteiger partial charge is 0.326 e. The normalized spacial score (nSPS) is 10.8. The Morgan fingerprint density at radius 1 is 1.07 bits per heavy atom. The van der Waals surface area contributed by atoms with Crippen molar-refractivity contribution in [3.63, 3.8) is 0 Å². The van der Waals surface area contributed by atoms with Crippen LogP contribution < -0.4 is 10.6 Å². The zero-order chi connectivity index (χ0) is 21.0. The molecule has 0 atom stereocenters. The highest BCUT2D eigenvalue weighted by Gasteiger charge is 2.17. The third-order valence-corrected chi connectivity index (χ3v) is 4.52. The lowest BCUT2D eigenvalue weighted by Crippen LogP contribution is -2.16. The van der Waals surface area contributed by atoms with E-state index in [1.807, 2.05) is 48.0 Å². The van der Waals surface area contributed by atoms with E-state index >= 15 is 0 Å². The Bertz CT molecular complexity index is 1020. The first kappa shape index (κ1) is 20.3. The van der Waals surface area contributed by atoms with Crippen LogP contribution >= 0.6 is 0 Å². The van der Waals surface area contributed by atoms with Gasteiger partial charge in [-0.3, -0.25) is 9.59 Å². The molecular weight excluding hydrogens is 364 g/mol. The summed E-state index contributed by atoms with van der Waals surface area (Å²) in [7, 11) is 0. The van der Waals surface area contributed by atoms with E-state index in [1.54, 1.807) is 18.3 Å². The second-order valence-corrected chi connectivity index (χ2v) is 7.45. The van der Waals surface area contributed by atoms with Crippen molar-refractivity contribution in [3.05, 3.63) is 71.5 Å². The summed E-state index contributed by atoms with van der Waals surface area (Å²) in [5, 5.41) is 10.2. The van der Waals surface area contributed by atoms with Gasteiger partial charge >= 0.3 is 0 Å². The summed E-state index contributed by atoms with van der Waals surface area (Å²) in [6, 6.07) is 15.4. The fraction of sp³-hybridized carbons (Fsp3) is 0.261. The third-order valence-electron chi connectivity index (χ3n) is 4.52. The molecule has 0 bridgehead atoms. The monoisotopic (exact) mass is 390 g/mol. The van der Waals surface area contributed by atoms with Crippen molar-refractivity contribution in [3.8, 4) is 5.69 Å². The summed E-state index contributed by atoms with van der Waals surface area (Å²) in [5.41, 5.74) is 5.31. The van der Waals surface area contributed by atoms with Gasteiger partial charge in [-0.1, -0.05) is 43.7 Å². The first-order valence-corrected chi connectivity index (χ1v) is 9.65. The van der Waals surface area contributed by atoms with Crippen LogP contribution in [0.4, 0.5) is 11.4 Å². The highest BCUT2D eigenvalue weighted by Crippen LogP contribution is 2.27. The Morgan fingerprint density at radius 2 is 1.79 bits per heavy atom. The molecule has 0 saturated heterocycles. The Morgan fingerprint density at radius 3 is 2.45 bits per heavy atom. The molecule has 3 aromatic rings. The first-order valence-electron chi connectivity index (χ1n) is 9.65. The lowest BCUT2D eigenvalue weighted by molar-refractivity contribution is -0.115. The van der Waals surface area contributed by atoms with Gasteiger partial charge in [-0.25, -0.2) is 4.68 Å². The number of carbonyl (C=O) groups is 2. The van der Waals surface area contributed by atoms with E-state index in [-0.39, 0.29) is 24.2 Å². The SMILES string of the molecule is CC(=O)Nc1cccc(CC(=O)Nc2cnn(-c3ccc(C)cc3)c2C(C)C)c1. The van der Waals surface area contributed by atoms with Gasteiger partial charge in [0.2, 0.25) is 11.8 Å². The number of aryl methyl sites for hydroxylation is 1. The van der Waals surface area contributed by atoms with Crippen LogP contribution in [-0.4, -0.2) is 21.6 Å². The fourth-order valence-electron chi connectivity index (χ4n) is 3.24. The Balaban J connectivity index is 1.78. The summed E-state index contributed by atoms with van der Waals surface area (Å²) in [5.74, 6) is -0.0933. The van der Waals surface area contributed by atoms with Crippen LogP contribution in [0.1, 0.15) is 43.5 Å². The average molecular weight is 390 g/mol. The molecule has 0 spiro atoms. The molecule has 2 aromatic carbocycles. The van der Waals surface area contributed by atoms with Gasteiger partial charge in [-0.05, 0) is 42.7 Å². The molecule has 1 heterocycles. The van der Waals surface area contributed by atoms with E-state index in [0.717, 1.165) is 16.9 Å². The smallest absolute Gasteiger partial charge is 0.228 e. The van der Waals surface area contributed by atoms with Crippen molar-refractivity contribution in [2.45, 2.75) is 40.0 Å². The van der Waals surface area contributed by atoms with Crippen molar-refractivity contribution < 1.29 is 9.59 Å². The molecule has 1 aromatic heterocycles. The minimum Gasteiger partial charge on any atom is -0.326 e. The Kier molecular flexibility index (Phi) is 6.12. The standard InChI is InChI=1S/C23H26N4O2/c1-15(2)23-21(14-24-27(23)20-10-8-16(3)9-11-20)26-22(29)13-18-6-5-7-19(12-18)25-17(4)28/h5-12,14-15H,13H2,1-4H3,(H,25,28)(H,26,29). The number of nitrogens with one attached hydrogen (secondary N) is 2. The maximum absolute atomic E-state index is 12.6. The van der Waals surface area contributed by atoms with Gasteiger partial charge in [0.1, 0.15) is 0 Å². The lowest BCUT2D eigenvalue weighted by atomic mass is 10.1. The van der Waals surface area contributed by atoms with Gasteiger partial charge in [0.25, 0.3) is 0 Å². The van der Waals surface area contributed by atoms with Crippen LogP contribution in [0.3, 0.4) is 0 Å². The van der Waals surface area contributed by atoms with Gasteiger partial charge in [-0.15, -0.1) is 0 Å². The highest BCUT2D eigenvalue weighted by atomic mass is 16.2. The summed E-state index contributed by atoms with van der Waals surface area (Å²) in [6.45, 7) is 7.66. The molecule has 29 heavy (non-hydrogen) atoms. The van der Waals surface area contributed by atoms with Crippen molar-refractivity contribution >= 4 is 23.2 Å². The third kappa shape index (κ3) is 5.10. The number of hydrogen-bond donors (Lipinski definition) is 2. The number of amides is 2. The van der Waals surface area contributed by atoms with Gasteiger partial charge in [0.15, 0.2) is 0 Å². The summed E-state index contributed by atoms with van der Waals surface area (Å²) >= 11 is 0. The average Bonchev–Trinajstić information content (AvgIpc) is 3.05. The molecule has 6 nitrogen and oxygen atoms in total. The number of aromatic nitrogens is 2. The van der Waals surface area contributed by atoms with Gasteiger partial charge in [0, 0.05) is 12.6 Å². The second-order valence-electron chi connectivity index (χ2n) is 7.45.